The van der Waals surface area contributed by atoms with Gasteiger partial charge >= 0.3 is 5.97 Å². The van der Waals surface area contributed by atoms with E-state index in [0.717, 1.165) is 22.8 Å². The van der Waals surface area contributed by atoms with Crippen LogP contribution in [0.1, 0.15) is 27.0 Å². The zero-order chi connectivity index (χ0) is 22.4. The van der Waals surface area contributed by atoms with Crippen molar-refractivity contribution < 1.29 is 24.0 Å². The van der Waals surface area contributed by atoms with Crippen LogP contribution in [0.15, 0.2) is 34.8 Å². The second kappa shape index (κ2) is 9.97. The molecule has 0 atom stereocenters. The predicted molar refractivity (Wildman–Crippen MR) is 113 cm³/mol. The van der Waals surface area contributed by atoms with Gasteiger partial charge in [0.15, 0.2) is 6.61 Å². The molecule has 9 nitrogen and oxygen atoms in total. The molecule has 30 heavy (non-hydrogen) atoms. The minimum atomic E-state index is -0.892. The van der Waals surface area contributed by atoms with Gasteiger partial charge in [0.05, 0.1) is 21.5 Å². The van der Waals surface area contributed by atoms with E-state index in [2.05, 4.69) is 26.6 Å². The van der Waals surface area contributed by atoms with Crippen LogP contribution in [0.25, 0.3) is 0 Å². The first-order valence-corrected chi connectivity index (χ1v) is 9.63. The second-order valence-corrected chi connectivity index (χ2v) is 7.45. The molecule has 10 heteroatoms. The summed E-state index contributed by atoms with van der Waals surface area (Å²) in [6, 6.07) is 7.59. The fourth-order valence-corrected chi connectivity index (χ4v) is 3.18. The minimum Gasteiger partial charge on any atom is -0.452 e. The van der Waals surface area contributed by atoms with Crippen molar-refractivity contribution >= 4 is 45.1 Å². The molecule has 0 aromatic heterocycles. The van der Waals surface area contributed by atoms with Gasteiger partial charge < -0.3 is 15.4 Å². The van der Waals surface area contributed by atoms with Crippen molar-refractivity contribution in [1.82, 2.24) is 5.32 Å². The minimum absolute atomic E-state index is 0.0687. The van der Waals surface area contributed by atoms with Crippen LogP contribution in [-0.4, -0.2) is 35.9 Å². The van der Waals surface area contributed by atoms with E-state index in [9.17, 15) is 24.5 Å². The van der Waals surface area contributed by atoms with Gasteiger partial charge in [-0.1, -0.05) is 17.7 Å². The number of nitrogens with zero attached hydrogens (tertiary/aromatic N) is 1. The summed E-state index contributed by atoms with van der Waals surface area (Å²) in [5.41, 5.74) is 3.21. The van der Waals surface area contributed by atoms with Crippen LogP contribution < -0.4 is 10.6 Å². The Morgan fingerprint density at radius 2 is 1.70 bits per heavy atom. The van der Waals surface area contributed by atoms with Crippen LogP contribution >= 0.6 is 15.9 Å². The molecule has 2 N–H and O–H groups in total. The number of anilines is 1. The Morgan fingerprint density at radius 3 is 2.30 bits per heavy atom. The monoisotopic (exact) mass is 477 g/mol. The first-order valence-electron chi connectivity index (χ1n) is 8.84. The average molecular weight is 478 g/mol. The fourth-order valence-electron chi connectivity index (χ4n) is 2.78. The summed E-state index contributed by atoms with van der Waals surface area (Å²) < 4.78 is 5.06. The van der Waals surface area contributed by atoms with Gasteiger partial charge in [-0.15, -0.1) is 0 Å². The Hall–Kier alpha value is -3.27. The number of nitro benzene ring substituents is 1. The number of benzene rings is 2. The van der Waals surface area contributed by atoms with E-state index < -0.39 is 29.3 Å². The smallest absolute Gasteiger partial charge is 0.338 e. The summed E-state index contributed by atoms with van der Waals surface area (Å²) in [7, 11) is 0. The van der Waals surface area contributed by atoms with Crippen LogP contribution in [0.3, 0.4) is 0 Å². The molecule has 0 saturated heterocycles. The van der Waals surface area contributed by atoms with E-state index in [1.54, 1.807) is 0 Å². The van der Waals surface area contributed by atoms with E-state index in [1.165, 1.54) is 12.1 Å². The summed E-state index contributed by atoms with van der Waals surface area (Å²) in [5, 5.41) is 16.0. The van der Waals surface area contributed by atoms with Gasteiger partial charge in [0.25, 0.3) is 11.6 Å². The number of hydrogen-bond acceptors (Lipinski definition) is 6. The van der Waals surface area contributed by atoms with Crippen molar-refractivity contribution in [3.8, 4) is 0 Å². The van der Waals surface area contributed by atoms with Crippen LogP contribution in [0.4, 0.5) is 11.4 Å². The SMILES string of the molecule is Cc1cc(C)c(NC(=O)CNC(=O)COC(=O)c2ccc(Br)c([N+](=O)[O-])c2)c(C)c1. The number of amides is 2. The molecule has 0 aliphatic heterocycles. The number of rotatable bonds is 7. The number of nitrogens with one attached hydrogen (secondary N) is 2. The topological polar surface area (TPSA) is 128 Å². The second-order valence-electron chi connectivity index (χ2n) is 6.60. The molecular weight excluding hydrogens is 458 g/mol. The third-order valence-corrected chi connectivity index (χ3v) is 4.77. The van der Waals surface area contributed by atoms with Gasteiger partial charge in [-0.25, -0.2) is 4.79 Å². The first kappa shape index (κ1) is 23.0. The highest BCUT2D eigenvalue weighted by Gasteiger charge is 2.18. The van der Waals surface area contributed by atoms with Crippen molar-refractivity contribution in [2.24, 2.45) is 0 Å². The molecule has 0 heterocycles. The van der Waals surface area contributed by atoms with Gasteiger partial charge in [0, 0.05) is 11.8 Å². The van der Waals surface area contributed by atoms with Gasteiger partial charge in [-0.3, -0.25) is 19.7 Å². The van der Waals surface area contributed by atoms with E-state index >= 15 is 0 Å². The lowest BCUT2D eigenvalue weighted by atomic mass is 10.1. The van der Waals surface area contributed by atoms with Crippen LogP contribution in [-0.2, 0) is 14.3 Å². The molecule has 0 aliphatic carbocycles. The van der Waals surface area contributed by atoms with Crippen molar-refractivity contribution in [2.45, 2.75) is 20.8 Å². The highest BCUT2D eigenvalue weighted by atomic mass is 79.9. The maximum atomic E-state index is 12.1. The van der Waals surface area contributed by atoms with Crippen LogP contribution in [0.5, 0.6) is 0 Å². The van der Waals surface area contributed by atoms with Crippen molar-refractivity contribution in [1.29, 1.82) is 0 Å². The molecule has 2 aromatic carbocycles. The molecule has 0 spiro atoms. The maximum absolute atomic E-state index is 12.1. The Labute approximate surface area is 181 Å². The largest absolute Gasteiger partial charge is 0.452 e. The lowest BCUT2D eigenvalue weighted by Crippen LogP contribution is -2.35. The number of hydrogen-bond donors (Lipinski definition) is 2. The first-order chi connectivity index (χ1) is 14.1. The molecule has 0 unspecified atom stereocenters. The number of aryl methyl sites for hydroxylation is 3. The Morgan fingerprint density at radius 1 is 1.07 bits per heavy atom. The van der Waals surface area contributed by atoms with E-state index in [0.29, 0.717) is 5.69 Å². The third kappa shape index (κ3) is 6.11. The number of ether oxygens (including phenoxy) is 1. The molecule has 0 bridgehead atoms. The number of nitro groups is 1. The Bertz CT molecular complexity index is 999. The van der Waals surface area contributed by atoms with Crippen LogP contribution in [0.2, 0.25) is 0 Å². The van der Waals surface area contributed by atoms with Crippen molar-refractivity contribution in [2.75, 3.05) is 18.5 Å². The highest BCUT2D eigenvalue weighted by molar-refractivity contribution is 9.10. The molecule has 0 saturated carbocycles. The number of esters is 1. The lowest BCUT2D eigenvalue weighted by Gasteiger charge is -2.13. The molecular formula is C20H20BrN3O6. The molecule has 158 valence electrons. The molecule has 2 rings (SSSR count). The standard InChI is InChI=1S/C20H20BrN3O6/c1-11-6-12(2)19(13(3)7-11)23-17(25)9-22-18(26)10-30-20(27)14-4-5-15(21)16(8-14)24(28)29/h4-8H,9-10H2,1-3H3,(H,22,26)(H,23,25). The van der Waals surface area contributed by atoms with E-state index in [1.807, 2.05) is 32.9 Å². The van der Waals surface area contributed by atoms with Gasteiger partial charge in [0.1, 0.15) is 0 Å². The summed E-state index contributed by atoms with van der Waals surface area (Å²) in [6.45, 7) is 4.78. The van der Waals surface area contributed by atoms with Crippen molar-refractivity contribution in [3.05, 3.63) is 67.2 Å². The zero-order valence-electron chi connectivity index (χ0n) is 16.6. The molecule has 0 aliphatic rings. The third-order valence-electron chi connectivity index (χ3n) is 4.10. The quantitative estimate of drug-likeness (QED) is 0.358. The van der Waals surface area contributed by atoms with Gasteiger partial charge in [-0.05, 0) is 60.0 Å². The van der Waals surface area contributed by atoms with Gasteiger partial charge in [0.2, 0.25) is 5.91 Å². The maximum Gasteiger partial charge on any atom is 0.338 e. The van der Waals surface area contributed by atoms with Crippen LogP contribution in [0, 0.1) is 30.9 Å². The number of carbonyl (C=O) groups is 3. The average Bonchev–Trinajstić information content (AvgIpc) is 2.67. The van der Waals surface area contributed by atoms with Crippen molar-refractivity contribution in [3.63, 3.8) is 0 Å². The fraction of sp³-hybridized carbons (Fsp3) is 0.250. The number of halogens is 1. The Kier molecular flexibility index (Phi) is 7.65. The zero-order valence-corrected chi connectivity index (χ0v) is 18.2. The summed E-state index contributed by atoms with van der Waals surface area (Å²) >= 11 is 3.02. The summed E-state index contributed by atoms with van der Waals surface area (Å²) in [4.78, 5) is 46.2. The highest BCUT2D eigenvalue weighted by Crippen LogP contribution is 2.26. The molecule has 2 aromatic rings. The lowest BCUT2D eigenvalue weighted by molar-refractivity contribution is -0.385. The van der Waals surface area contributed by atoms with E-state index in [-0.39, 0.29) is 22.3 Å². The molecule has 0 radical (unpaired) electrons. The molecule has 2 amide bonds. The van der Waals surface area contributed by atoms with E-state index in [4.69, 9.17) is 4.74 Å². The normalized spacial score (nSPS) is 10.3. The predicted octanol–water partition coefficient (Wildman–Crippen LogP) is 3.19. The Balaban J connectivity index is 1.85. The summed E-state index contributed by atoms with van der Waals surface area (Å²) in [6.07, 6.45) is 0. The molecule has 0 fully saturated rings. The number of carbonyl (C=O) groups excluding carboxylic acids is 3. The summed E-state index contributed by atoms with van der Waals surface area (Å²) in [5.74, 6) is -1.99. The van der Waals surface area contributed by atoms with Gasteiger partial charge in [-0.2, -0.15) is 0 Å².